The highest BCUT2D eigenvalue weighted by Crippen LogP contribution is 2.24. The molecule has 150 valence electrons. The first-order valence-corrected chi connectivity index (χ1v) is 10.0. The van der Waals surface area contributed by atoms with Gasteiger partial charge >= 0.3 is 0 Å². The predicted molar refractivity (Wildman–Crippen MR) is 113 cm³/mol. The second-order valence-electron chi connectivity index (χ2n) is 6.12. The van der Waals surface area contributed by atoms with E-state index in [1.165, 1.54) is 11.8 Å². The molecule has 0 spiro atoms. The summed E-state index contributed by atoms with van der Waals surface area (Å²) in [5.74, 6) is -0.142. The summed E-state index contributed by atoms with van der Waals surface area (Å²) in [4.78, 5) is 26.0. The molecule has 0 radical (unpaired) electrons. The van der Waals surface area contributed by atoms with Crippen molar-refractivity contribution < 1.29 is 14.3 Å². The van der Waals surface area contributed by atoms with Gasteiger partial charge in [0.05, 0.1) is 18.5 Å². The Balaban J connectivity index is 1.68. The molecule has 0 unspecified atom stereocenters. The molecule has 0 aliphatic heterocycles. The first-order chi connectivity index (χ1) is 14.0. The third-order valence-corrected chi connectivity index (χ3v) is 4.93. The number of aromatic nitrogens is 3. The number of carbonyl (C=O) groups excluding carboxylic acids is 2. The Morgan fingerprint density at radius 2 is 1.93 bits per heavy atom. The number of nitrogens with zero attached hydrogens (tertiary/aromatic N) is 3. The Kier molecular flexibility index (Phi) is 6.50. The SMILES string of the molecule is COc1ccccc1NC(=O)c1nnn(CC(=O)Nc2cccc(SC)c2)c1C. The second kappa shape index (κ2) is 9.24. The maximum absolute atomic E-state index is 12.6. The van der Waals surface area contributed by atoms with Gasteiger partial charge in [0.25, 0.3) is 5.91 Å². The standard InChI is InChI=1S/C20H21N5O3S/c1-13-19(20(27)22-16-9-4-5-10-17(16)28-2)23-24-25(13)12-18(26)21-14-7-6-8-15(11-14)29-3/h4-11H,12H2,1-3H3,(H,21,26)(H,22,27). The highest BCUT2D eigenvalue weighted by Gasteiger charge is 2.19. The summed E-state index contributed by atoms with van der Waals surface area (Å²) in [7, 11) is 1.53. The van der Waals surface area contributed by atoms with E-state index in [1.807, 2.05) is 36.6 Å². The number of benzene rings is 2. The van der Waals surface area contributed by atoms with Crippen molar-refractivity contribution in [1.29, 1.82) is 0 Å². The molecule has 3 aromatic rings. The lowest BCUT2D eigenvalue weighted by atomic mass is 10.2. The molecule has 29 heavy (non-hydrogen) atoms. The molecule has 0 fully saturated rings. The third-order valence-electron chi connectivity index (χ3n) is 4.20. The van der Waals surface area contributed by atoms with Crippen molar-refractivity contribution in [3.05, 3.63) is 59.9 Å². The van der Waals surface area contributed by atoms with Crippen molar-refractivity contribution >= 4 is 35.0 Å². The summed E-state index contributed by atoms with van der Waals surface area (Å²) < 4.78 is 6.63. The molecule has 0 atom stereocenters. The van der Waals surface area contributed by atoms with Crippen molar-refractivity contribution in [3.63, 3.8) is 0 Å². The van der Waals surface area contributed by atoms with Gasteiger partial charge in [0.15, 0.2) is 5.69 Å². The minimum absolute atomic E-state index is 0.0513. The van der Waals surface area contributed by atoms with Gasteiger partial charge in [-0.15, -0.1) is 16.9 Å². The lowest BCUT2D eigenvalue weighted by molar-refractivity contribution is -0.117. The summed E-state index contributed by atoms with van der Waals surface area (Å²) in [5.41, 5.74) is 1.87. The molecule has 2 N–H and O–H groups in total. The number of rotatable bonds is 7. The number of hydrogen-bond acceptors (Lipinski definition) is 6. The molecule has 2 aromatic carbocycles. The Bertz CT molecular complexity index is 1030. The van der Waals surface area contributed by atoms with Gasteiger partial charge in [0.2, 0.25) is 5.91 Å². The second-order valence-corrected chi connectivity index (χ2v) is 7.00. The van der Waals surface area contributed by atoms with Crippen LogP contribution >= 0.6 is 11.8 Å². The molecule has 8 nitrogen and oxygen atoms in total. The van der Waals surface area contributed by atoms with Crippen LogP contribution in [0.1, 0.15) is 16.2 Å². The highest BCUT2D eigenvalue weighted by atomic mass is 32.2. The number of ether oxygens (including phenoxy) is 1. The van der Waals surface area contributed by atoms with Gasteiger partial charge in [-0.2, -0.15) is 0 Å². The van der Waals surface area contributed by atoms with Gasteiger partial charge in [-0.3, -0.25) is 9.59 Å². The third kappa shape index (κ3) is 4.94. The molecule has 0 saturated heterocycles. The number of amides is 2. The van der Waals surface area contributed by atoms with Crippen LogP contribution in [0.5, 0.6) is 5.75 Å². The Morgan fingerprint density at radius 1 is 1.14 bits per heavy atom. The number of para-hydroxylation sites is 2. The normalized spacial score (nSPS) is 10.4. The average Bonchev–Trinajstić information content (AvgIpc) is 3.08. The Morgan fingerprint density at radius 3 is 2.69 bits per heavy atom. The smallest absolute Gasteiger partial charge is 0.278 e. The maximum atomic E-state index is 12.6. The number of hydrogen-bond donors (Lipinski definition) is 2. The van der Waals surface area contributed by atoms with Gasteiger partial charge in [-0.05, 0) is 43.5 Å². The van der Waals surface area contributed by atoms with Crippen LogP contribution < -0.4 is 15.4 Å². The Hall–Kier alpha value is -3.33. The van der Waals surface area contributed by atoms with Gasteiger partial charge in [-0.1, -0.05) is 23.4 Å². The quantitative estimate of drug-likeness (QED) is 0.580. The van der Waals surface area contributed by atoms with E-state index in [1.54, 1.807) is 36.9 Å². The maximum Gasteiger partial charge on any atom is 0.278 e. The van der Waals surface area contributed by atoms with Crippen LogP contribution in [0.4, 0.5) is 11.4 Å². The summed E-state index contributed by atoms with van der Waals surface area (Å²) in [6, 6.07) is 14.6. The summed E-state index contributed by atoms with van der Waals surface area (Å²) in [6.45, 7) is 1.64. The predicted octanol–water partition coefficient (Wildman–Crippen LogP) is 3.21. The first-order valence-electron chi connectivity index (χ1n) is 8.80. The molecule has 1 heterocycles. The molecule has 3 rings (SSSR count). The fourth-order valence-electron chi connectivity index (χ4n) is 2.69. The van der Waals surface area contributed by atoms with Gasteiger partial charge in [0, 0.05) is 10.6 Å². The van der Waals surface area contributed by atoms with Crippen LogP contribution in [-0.4, -0.2) is 40.2 Å². The molecule has 9 heteroatoms. The number of nitrogens with one attached hydrogen (secondary N) is 2. The zero-order valence-electron chi connectivity index (χ0n) is 16.3. The van der Waals surface area contributed by atoms with E-state index in [-0.39, 0.29) is 18.1 Å². The van der Waals surface area contributed by atoms with Crippen LogP contribution in [0, 0.1) is 6.92 Å². The van der Waals surface area contributed by atoms with Gasteiger partial charge in [0.1, 0.15) is 12.3 Å². The van der Waals surface area contributed by atoms with E-state index >= 15 is 0 Å². The summed E-state index contributed by atoms with van der Waals surface area (Å²) >= 11 is 1.59. The average molecular weight is 411 g/mol. The molecule has 0 aliphatic carbocycles. The van der Waals surface area contributed by atoms with Crippen molar-refractivity contribution in [1.82, 2.24) is 15.0 Å². The van der Waals surface area contributed by atoms with E-state index < -0.39 is 5.91 Å². The molecule has 1 aromatic heterocycles. The zero-order chi connectivity index (χ0) is 20.8. The van der Waals surface area contributed by atoms with E-state index in [9.17, 15) is 9.59 Å². The lowest BCUT2D eigenvalue weighted by Gasteiger charge is -2.09. The fraction of sp³-hybridized carbons (Fsp3) is 0.200. The lowest BCUT2D eigenvalue weighted by Crippen LogP contribution is -2.21. The van der Waals surface area contributed by atoms with Crippen LogP contribution in [0.25, 0.3) is 0 Å². The summed E-state index contributed by atoms with van der Waals surface area (Å²) in [6.07, 6.45) is 1.97. The highest BCUT2D eigenvalue weighted by molar-refractivity contribution is 7.98. The van der Waals surface area contributed by atoms with E-state index in [4.69, 9.17) is 4.74 Å². The minimum Gasteiger partial charge on any atom is -0.495 e. The van der Waals surface area contributed by atoms with Crippen LogP contribution in [-0.2, 0) is 11.3 Å². The van der Waals surface area contributed by atoms with Crippen molar-refractivity contribution in [2.45, 2.75) is 18.4 Å². The number of thioether (sulfide) groups is 1. The number of anilines is 2. The molecular formula is C20H21N5O3S. The molecule has 2 amide bonds. The van der Waals surface area contributed by atoms with Crippen molar-refractivity contribution in [2.24, 2.45) is 0 Å². The molecular weight excluding hydrogens is 390 g/mol. The van der Waals surface area contributed by atoms with Gasteiger partial charge in [-0.25, -0.2) is 4.68 Å². The van der Waals surface area contributed by atoms with E-state index in [2.05, 4.69) is 20.9 Å². The van der Waals surface area contributed by atoms with Crippen molar-refractivity contribution in [3.8, 4) is 5.75 Å². The van der Waals surface area contributed by atoms with Crippen LogP contribution in [0.2, 0.25) is 0 Å². The van der Waals surface area contributed by atoms with E-state index in [0.717, 1.165) is 4.90 Å². The number of carbonyl (C=O) groups is 2. The minimum atomic E-state index is -0.425. The fourth-order valence-corrected chi connectivity index (χ4v) is 3.15. The first kappa shape index (κ1) is 20.4. The molecule has 0 saturated carbocycles. The van der Waals surface area contributed by atoms with Crippen LogP contribution in [0.15, 0.2) is 53.4 Å². The van der Waals surface area contributed by atoms with E-state index in [0.29, 0.717) is 22.8 Å². The largest absolute Gasteiger partial charge is 0.495 e. The Labute approximate surface area is 172 Å². The molecule has 0 aliphatic rings. The van der Waals surface area contributed by atoms with Crippen LogP contribution in [0.3, 0.4) is 0 Å². The number of methoxy groups -OCH3 is 1. The topological polar surface area (TPSA) is 98.1 Å². The molecule has 0 bridgehead atoms. The zero-order valence-corrected chi connectivity index (χ0v) is 17.1. The monoisotopic (exact) mass is 411 g/mol. The summed E-state index contributed by atoms with van der Waals surface area (Å²) in [5, 5.41) is 13.5. The van der Waals surface area contributed by atoms with Gasteiger partial charge < -0.3 is 15.4 Å². The van der Waals surface area contributed by atoms with Crippen molar-refractivity contribution in [2.75, 3.05) is 24.0 Å².